The summed E-state index contributed by atoms with van der Waals surface area (Å²) in [6, 6.07) is 14.4. The molecule has 0 bridgehead atoms. The van der Waals surface area contributed by atoms with Gasteiger partial charge in [0.25, 0.3) is 0 Å². The molecule has 3 aromatic rings. The van der Waals surface area contributed by atoms with E-state index in [1.54, 1.807) is 18.2 Å². The topological polar surface area (TPSA) is 46.0 Å². The number of halogens is 1. The van der Waals surface area contributed by atoms with Crippen molar-refractivity contribution >= 4 is 22.5 Å². The number of fused-ring (bicyclic) bond motifs is 1. The molecule has 0 saturated carbocycles. The fourth-order valence-electron chi connectivity index (χ4n) is 1.81. The molecule has 0 radical (unpaired) electrons. The summed E-state index contributed by atoms with van der Waals surface area (Å²) in [6.07, 6.45) is 0. The van der Waals surface area contributed by atoms with E-state index in [2.05, 4.69) is 9.97 Å². The molecule has 2 aromatic carbocycles. The molecule has 0 unspecified atom stereocenters. The van der Waals surface area contributed by atoms with E-state index < -0.39 is 0 Å². The van der Waals surface area contributed by atoms with Gasteiger partial charge in [-0.1, -0.05) is 35.9 Å². The molecule has 0 saturated heterocycles. The van der Waals surface area contributed by atoms with E-state index in [-0.39, 0.29) is 5.75 Å². The van der Waals surface area contributed by atoms with Crippen LogP contribution < -0.4 is 0 Å². The average Bonchev–Trinajstić information content (AvgIpc) is 2.39. The molecular formula is C14H9ClN2O. The predicted octanol–water partition coefficient (Wildman–Crippen LogP) is 3.66. The summed E-state index contributed by atoms with van der Waals surface area (Å²) in [5, 5.41) is 10.7. The zero-order valence-corrected chi connectivity index (χ0v) is 10.1. The Hall–Kier alpha value is -2.13. The van der Waals surface area contributed by atoms with Crippen LogP contribution >= 0.6 is 11.6 Å². The van der Waals surface area contributed by atoms with Crippen molar-refractivity contribution in [2.45, 2.75) is 0 Å². The molecule has 0 amide bonds. The zero-order chi connectivity index (χ0) is 12.5. The number of benzene rings is 2. The third-order valence-corrected chi connectivity index (χ3v) is 2.95. The molecule has 0 aliphatic rings. The molecule has 3 rings (SSSR count). The summed E-state index contributed by atoms with van der Waals surface area (Å²) in [7, 11) is 0. The molecule has 0 atom stereocenters. The maximum absolute atomic E-state index is 9.47. The molecule has 1 N–H and O–H groups in total. The van der Waals surface area contributed by atoms with E-state index in [1.807, 2.05) is 30.3 Å². The number of rotatable bonds is 1. The minimum Gasteiger partial charge on any atom is -0.508 e. The standard InChI is InChI=1S/C14H9ClN2O/c15-13-11-6-1-2-7-12(11)16-14(17-13)9-4-3-5-10(18)8-9/h1-8,18H. The lowest BCUT2D eigenvalue weighted by molar-refractivity contribution is 0.475. The monoisotopic (exact) mass is 256 g/mol. The van der Waals surface area contributed by atoms with Gasteiger partial charge in [-0.15, -0.1) is 0 Å². The van der Waals surface area contributed by atoms with Gasteiger partial charge in [-0.3, -0.25) is 0 Å². The molecule has 3 nitrogen and oxygen atoms in total. The molecule has 0 fully saturated rings. The molecule has 4 heteroatoms. The molecular weight excluding hydrogens is 248 g/mol. The van der Waals surface area contributed by atoms with Crippen LogP contribution in [0.5, 0.6) is 5.75 Å². The van der Waals surface area contributed by atoms with Crippen LogP contribution in [0.25, 0.3) is 22.3 Å². The van der Waals surface area contributed by atoms with Crippen molar-refractivity contribution in [2.24, 2.45) is 0 Å². The number of hydrogen-bond acceptors (Lipinski definition) is 3. The van der Waals surface area contributed by atoms with E-state index in [4.69, 9.17) is 11.6 Å². The first kappa shape index (κ1) is 11.0. The highest BCUT2D eigenvalue weighted by Gasteiger charge is 2.07. The van der Waals surface area contributed by atoms with Gasteiger partial charge >= 0.3 is 0 Å². The number of phenols is 1. The van der Waals surface area contributed by atoms with Gasteiger partial charge in [-0.2, -0.15) is 0 Å². The third-order valence-electron chi connectivity index (χ3n) is 2.66. The summed E-state index contributed by atoms with van der Waals surface area (Å²) in [4.78, 5) is 8.70. The van der Waals surface area contributed by atoms with Gasteiger partial charge in [0.2, 0.25) is 0 Å². The first-order chi connectivity index (χ1) is 8.74. The SMILES string of the molecule is Oc1cccc(-c2nc(Cl)c3ccccc3n2)c1. The smallest absolute Gasteiger partial charge is 0.161 e. The number of aromatic nitrogens is 2. The highest BCUT2D eigenvalue weighted by atomic mass is 35.5. The van der Waals surface area contributed by atoms with Crippen molar-refractivity contribution in [2.75, 3.05) is 0 Å². The second-order valence-corrected chi connectivity index (χ2v) is 4.26. The van der Waals surface area contributed by atoms with Crippen LogP contribution in [-0.2, 0) is 0 Å². The van der Waals surface area contributed by atoms with E-state index in [0.717, 1.165) is 16.5 Å². The summed E-state index contributed by atoms with van der Waals surface area (Å²) >= 11 is 6.14. The molecule has 0 aliphatic heterocycles. The van der Waals surface area contributed by atoms with E-state index in [0.29, 0.717) is 11.0 Å². The lowest BCUT2D eigenvalue weighted by Gasteiger charge is -2.04. The predicted molar refractivity (Wildman–Crippen MR) is 71.6 cm³/mol. The Labute approximate surface area is 109 Å². The first-order valence-electron chi connectivity index (χ1n) is 5.46. The van der Waals surface area contributed by atoms with Crippen molar-refractivity contribution in [3.8, 4) is 17.1 Å². The maximum atomic E-state index is 9.47. The molecule has 1 heterocycles. The Balaban J connectivity index is 2.24. The molecule has 0 aliphatic carbocycles. The van der Waals surface area contributed by atoms with Gasteiger partial charge in [0, 0.05) is 10.9 Å². The average molecular weight is 257 g/mol. The summed E-state index contributed by atoms with van der Waals surface area (Å²) < 4.78 is 0. The van der Waals surface area contributed by atoms with E-state index >= 15 is 0 Å². The second kappa shape index (κ2) is 4.27. The van der Waals surface area contributed by atoms with Crippen molar-refractivity contribution in [3.63, 3.8) is 0 Å². The fraction of sp³-hybridized carbons (Fsp3) is 0. The lowest BCUT2D eigenvalue weighted by atomic mass is 10.2. The normalized spacial score (nSPS) is 10.7. The van der Waals surface area contributed by atoms with Crippen LogP contribution in [0.2, 0.25) is 5.15 Å². The second-order valence-electron chi connectivity index (χ2n) is 3.91. The van der Waals surface area contributed by atoms with Crippen molar-refractivity contribution in [1.29, 1.82) is 0 Å². The number of nitrogens with zero attached hydrogens (tertiary/aromatic N) is 2. The largest absolute Gasteiger partial charge is 0.508 e. The zero-order valence-electron chi connectivity index (χ0n) is 9.34. The van der Waals surface area contributed by atoms with Gasteiger partial charge in [-0.05, 0) is 24.3 Å². The minimum atomic E-state index is 0.181. The van der Waals surface area contributed by atoms with Crippen LogP contribution in [-0.4, -0.2) is 15.1 Å². The number of aromatic hydroxyl groups is 1. The number of para-hydroxylation sites is 1. The van der Waals surface area contributed by atoms with Crippen LogP contribution in [0.15, 0.2) is 48.5 Å². The van der Waals surface area contributed by atoms with Crippen LogP contribution in [0.3, 0.4) is 0 Å². The molecule has 1 aromatic heterocycles. The third kappa shape index (κ3) is 1.89. The van der Waals surface area contributed by atoms with Crippen molar-refractivity contribution in [3.05, 3.63) is 53.7 Å². The van der Waals surface area contributed by atoms with Crippen molar-refractivity contribution < 1.29 is 5.11 Å². The number of hydrogen-bond donors (Lipinski definition) is 1. The minimum absolute atomic E-state index is 0.181. The van der Waals surface area contributed by atoms with Crippen LogP contribution in [0.1, 0.15) is 0 Å². The Morgan fingerprint density at radius 2 is 1.78 bits per heavy atom. The Morgan fingerprint density at radius 3 is 2.61 bits per heavy atom. The Kier molecular flexibility index (Phi) is 2.61. The summed E-state index contributed by atoms with van der Waals surface area (Å²) in [6.45, 7) is 0. The van der Waals surface area contributed by atoms with Gasteiger partial charge < -0.3 is 5.11 Å². The quantitative estimate of drug-likeness (QED) is 0.676. The van der Waals surface area contributed by atoms with Crippen LogP contribution in [0.4, 0.5) is 0 Å². The highest BCUT2D eigenvalue weighted by Crippen LogP contribution is 2.26. The van der Waals surface area contributed by atoms with Gasteiger partial charge in [0.15, 0.2) is 5.82 Å². The molecule has 88 valence electrons. The van der Waals surface area contributed by atoms with Gasteiger partial charge in [0.1, 0.15) is 10.9 Å². The highest BCUT2D eigenvalue weighted by molar-refractivity contribution is 6.34. The summed E-state index contributed by atoms with van der Waals surface area (Å²) in [5.74, 6) is 0.690. The molecule has 18 heavy (non-hydrogen) atoms. The van der Waals surface area contributed by atoms with Gasteiger partial charge in [0.05, 0.1) is 5.52 Å². The Bertz CT molecular complexity index is 728. The van der Waals surface area contributed by atoms with Crippen LogP contribution in [0, 0.1) is 0 Å². The van der Waals surface area contributed by atoms with E-state index in [1.165, 1.54) is 0 Å². The molecule has 0 spiro atoms. The summed E-state index contributed by atoms with van der Waals surface area (Å²) in [5.41, 5.74) is 1.53. The number of phenolic OH excluding ortho intramolecular Hbond substituents is 1. The first-order valence-corrected chi connectivity index (χ1v) is 5.83. The maximum Gasteiger partial charge on any atom is 0.161 e. The Morgan fingerprint density at radius 1 is 0.944 bits per heavy atom. The lowest BCUT2D eigenvalue weighted by Crippen LogP contribution is -1.91. The van der Waals surface area contributed by atoms with Gasteiger partial charge in [-0.25, -0.2) is 9.97 Å². The van der Waals surface area contributed by atoms with Crippen molar-refractivity contribution in [1.82, 2.24) is 9.97 Å². The van der Waals surface area contributed by atoms with E-state index in [9.17, 15) is 5.11 Å². The fourth-order valence-corrected chi connectivity index (χ4v) is 2.05.